The minimum atomic E-state index is -0.869. The van der Waals surface area contributed by atoms with Gasteiger partial charge in [-0.05, 0) is 83.5 Å². The van der Waals surface area contributed by atoms with Gasteiger partial charge in [0.15, 0.2) is 0 Å². The van der Waals surface area contributed by atoms with E-state index in [1.807, 2.05) is 6.08 Å². The van der Waals surface area contributed by atoms with Crippen LogP contribution in [0.3, 0.4) is 0 Å². The van der Waals surface area contributed by atoms with Crippen LogP contribution in [-0.4, -0.2) is 34.9 Å². The summed E-state index contributed by atoms with van der Waals surface area (Å²) in [6.07, 6.45) is 64.4. The summed E-state index contributed by atoms with van der Waals surface area (Å²) in [7, 11) is 0. The van der Waals surface area contributed by atoms with E-state index < -0.39 is 12.1 Å². The van der Waals surface area contributed by atoms with E-state index in [2.05, 4.69) is 129 Å². The number of aliphatic hydroxyl groups excluding tert-OH is 2. The highest BCUT2D eigenvalue weighted by Gasteiger charge is 2.17. The molecule has 0 aliphatic heterocycles. The second kappa shape index (κ2) is 41.2. The van der Waals surface area contributed by atoms with Crippen LogP contribution in [0.15, 0.2) is 122 Å². The molecule has 1 amide bonds. The molecule has 0 spiro atoms. The largest absolute Gasteiger partial charge is 0.394 e. The van der Waals surface area contributed by atoms with Crippen LogP contribution in [0.2, 0.25) is 0 Å². The summed E-state index contributed by atoms with van der Waals surface area (Å²) in [4.78, 5) is 12.3. The third-order valence-electron chi connectivity index (χ3n) is 8.20. The second-order valence-corrected chi connectivity index (χ2v) is 13.0. The Kier molecular flexibility index (Phi) is 38.6. The summed E-state index contributed by atoms with van der Waals surface area (Å²) in [5.74, 6) is -0.131. The van der Waals surface area contributed by atoms with Crippen LogP contribution < -0.4 is 5.32 Å². The number of allylic oxidation sites excluding steroid dienone is 19. The molecule has 0 aromatic carbocycles. The van der Waals surface area contributed by atoms with E-state index in [-0.39, 0.29) is 12.5 Å². The van der Waals surface area contributed by atoms with Gasteiger partial charge in [0.1, 0.15) is 0 Å². The van der Waals surface area contributed by atoms with Crippen molar-refractivity contribution in [3.05, 3.63) is 122 Å². The maximum atomic E-state index is 12.3. The Hall–Kier alpha value is -3.21. The van der Waals surface area contributed by atoms with Crippen molar-refractivity contribution in [3.8, 4) is 0 Å². The van der Waals surface area contributed by atoms with Gasteiger partial charge in [-0.2, -0.15) is 0 Å². The smallest absolute Gasteiger partial charge is 0.220 e. The SMILES string of the molecule is CC/C=C\C/C=C\C/C=C\C/C=C\C/C=C\C/C=C\C/C=C\C/C=C\C/C=C\CCCC(=O)NC(CO)C(O)/C=C/CCCCCCCCCC. The molecule has 0 aromatic rings. The molecule has 0 saturated carbocycles. The topological polar surface area (TPSA) is 69.6 Å². The van der Waals surface area contributed by atoms with Crippen LogP contribution >= 0.6 is 0 Å². The van der Waals surface area contributed by atoms with E-state index in [1.54, 1.807) is 6.08 Å². The Balaban J connectivity index is 3.81. The molecule has 3 N–H and O–H groups in total. The number of aliphatic hydroxyl groups is 2. The molecule has 0 heterocycles. The van der Waals surface area contributed by atoms with E-state index in [0.29, 0.717) is 6.42 Å². The first-order valence-electron chi connectivity index (χ1n) is 20.2. The van der Waals surface area contributed by atoms with Crippen molar-refractivity contribution in [1.82, 2.24) is 5.32 Å². The first kappa shape index (κ1) is 47.8. The van der Waals surface area contributed by atoms with Gasteiger partial charge in [-0.3, -0.25) is 4.79 Å². The predicted octanol–water partition coefficient (Wildman–Crippen LogP) is 12.6. The van der Waals surface area contributed by atoms with Gasteiger partial charge in [-0.25, -0.2) is 0 Å². The monoisotopic (exact) mass is 702 g/mol. The average Bonchev–Trinajstić information content (AvgIpc) is 3.13. The minimum absolute atomic E-state index is 0.131. The van der Waals surface area contributed by atoms with E-state index in [9.17, 15) is 15.0 Å². The summed E-state index contributed by atoms with van der Waals surface area (Å²) < 4.78 is 0. The average molecular weight is 702 g/mol. The van der Waals surface area contributed by atoms with Crippen molar-refractivity contribution in [2.24, 2.45) is 0 Å². The fourth-order valence-corrected chi connectivity index (χ4v) is 5.12. The van der Waals surface area contributed by atoms with Gasteiger partial charge < -0.3 is 15.5 Å². The molecule has 0 rings (SSSR count). The number of rotatable bonds is 34. The van der Waals surface area contributed by atoms with E-state index in [0.717, 1.165) is 83.5 Å². The molecule has 0 saturated heterocycles. The molecule has 0 bridgehead atoms. The lowest BCUT2D eigenvalue weighted by Crippen LogP contribution is -2.45. The Morgan fingerprint density at radius 1 is 0.490 bits per heavy atom. The number of hydrogen-bond acceptors (Lipinski definition) is 3. The van der Waals surface area contributed by atoms with E-state index >= 15 is 0 Å². The van der Waals surface area contributed by atoms with Crippen molar-refractivity contribution in [2.45, 2.75) is 161 Å². The number of unbranched alkanes of at least 4 members (excludes halogenated alkanes) is 9. The third-order valence-corrected chi connectivity index (χ3v) is 8.20. The minimum Gasteiger partial charge on any atom is -0.394 e. The highest BCUT2D eigenvalue weighted by molar-refractivity contribution is 5.76. The third kappa shape index (κ3) is 37.9. The maximum Gasteiger partial charge on any atom is 0.220 e. The van der Waals surface area contributed by atoms with Crippen LogP contribution in [0, 0.1) is 0 Å². The first-order chi connectivity index (χ1) is 25.2. The van der Waals surface area contributed by atoms with Crippen LogP contribution in [0.1, 0.15) is 149 Å². The molecule has 51 heavy (non-hydrogen) atoms. The molecule has 4 heteroatoms. The van der Waals surface area contributed by atoms with Gasteiger partial charge in [-0.15, -0.1) is 0 Å². The molecule has 0 aromatic heterocycles. The van der Waals surface area contributed by atoms with Gasteiger partial charge in [0, 0.05) is 6.42 Å². The fourth-order valence-electron chi connectivity index (χ4n) is 5.12. The Morgan fingerprint density at radius 2 is 0.863 bits per heavy atom. The maximum absolute atomic E-state index is 12.3. The number of hydrogen-bond donors (Lipinski definition) is 3. The molecular formula is C47H75NO3. The Labute approximate surface area is 314 Å². The molecule has 0 aliphatic carbocycles. The summed E-state index contributed by atoms with van der Waals surface area (Å²) in [6.45, 7) is 4.12. The molecular weight excluding hydrogens is 627 g/mol. The molecule has 0 fully saturated rings. The zero-order chi connectivity index (χ0) is 37.1. The van der Waals surface area contributed by atoms with Gasteiger partial charge >= 0.3 is 0 Å². The second-order valence-electron chi connectivity index (χ2n) is 13.0. The molecule has 2 atom stereocenters. The van der Waals surface area contributed by atoms with Crippen LogP contribution in [-0.2, 0) is 4.79 Å². The number of amides is 1. The van der Waals surface area contributed by atoms with E-state index in [4.69, 9.17) is 0 Å². The van der Waals surface area contributed by atoms with Crippen molar-refractivity contribution in [1.29, 1.82) is 0 Å². The highest BCUT2D eigenvalue weighted by atomic mass is 16.3. The fraction of sp³-hybridized carbons (Fsp3) is 0.553. The predicted molar refractivity (Wildman–Crippen MR) is 225 cm³/mol. The Bertz CT molecular complexity index is 1070. The lowest BCUT2D eigenvalue weighted by Gasteiger charge is -2.19. The number of carbonyl (C=O) groups is 1. The molecule has 2 unspecified atom stereocenters. The Morgan fingerprint density at radius 3 is 1.27 bits per heavy atom. The van der Waals surface area contributed by atoms with Gasteiger partial charge in [0.25, 0.3) is 0 Å². The van der Waals surface area contributed by atoms with Gasteiger partial charge in [0.2, 0.25) is 5.91 Å². The lowest BCUT2D eigenvalue weighted by atomic mass is 10.1. The summed E-state index contributed by atoms with van der Waals surface area (Å²) in [5.41, 5.74) is 0. The normalized spacial score (nSPS) is 14.4. The lowest BCUT2D eigenvalue weighted by molar-refractivity contribution is -0.122. The molecule has 0 radical (unpaired) electrons. The van der Waals surface area contributed by atoms with Crippen molar-refractivity contribution < 1.29 is 15.0 Å². The van der Waals surface area contributed by atoms with Crippen molar-refractivity contribution >= 4 is 5.91 Å². The standard InChI is InChI=1S/C47H75NO3/c1-3-5-7-9-11-13-15-16-17-18-19-20-21-22-23-24-25-26-27-28-29-30-31-32-33-35-37-39-41-43-47(51)48-45(44-49)46(50)42-40-38-36-34-14-12-10-8-6-4-2/h5,7,11,13,16-17,19-20,22-23,25-26,28-29,31-32,35,37,40,42,45-46,49-50H,3-4,6,8-10,12,14-15,18,21,24,27,30,33-34,36,38-39,41,43-44H2,1-2H3,(H,48,51)/b7-5-,13-11-,17-16-,20-19-,23-22-,26-25-,29-28-,32-31-,37-35-,42-40+. The zero-order valence-electron chi connectivity index (χ0n) is 32.6. The highest BCUT2D eigenvalue weighted by Crippen LogP contribution is 2.10. The molecule has 0 aliphatic rings. The van der Waals surface area contributed by atoms with Crippen molar-refractivity contribution in [2.75, 3.05) is 6.61 Å². The van der Waals surface area contributed by atoms with Crippen molar-refractivity contribution in [3.63, 3.8) is 0 Å². The summed E-state index contributed by atoms with van der Waals surface area (Å²) in [5, 5.41) is 22.8. The quantitative estimate of drug-likeness (QED) is 0.0462. The number of nitrogens with one attached hydrogen (secondary N) is 1. The number of carbonyl (C=O) groups excluding carboxylic acids is 1. The molecule has 4 nitrogen and oxygen atoms in total. The zero-order valence-corrected chi connectivity index (χ0v) is 32.6. The van der Waals surface area contributed by atoms with E-state index in [1.165, 1.54) is 44.9 Å². The summed E-state index contributed by atoms with van der Waals surface area (Å²) >= 11 is 0. The van der Waals surface area contributed by atoms with Gasteiger partial charge in [-0.1, -0.05) is 180 Å². The first-order valence-corrected chi connectivity index (χ1v) is 20.2. The van der Waals surface area contributed by atoms with Crippen LogP contribution in [0.4, 0.5) is 0 Å². The summed E-state index contributed by atoms with van der Waals surface area (Å²) in [6, 6.07) is -0.660. The van der Waals surface area contributed by atoms with Crippen LogP contribution in [0.5, 0.6) is 0 Å². The van der Waals surface area contributed by atoms with Gasteiger partial charge in [0.05, 0.1) is 18.8 Å². The molecule has 286 valence electrons. The van der Waals surface area contributed by atoms with Crippen LogP contribution in [0.25, 0.3) is 0 Å².